The SMILES string of the molecule is O=S(=O)(Nc1ccc(-c2cn3c(n2)SCC3)cc1)c1ccc(F)c(Cl)c1. The summed E-state index contributed by atoms with van der Waals surface area (Å²) in [4.78, 5) is 4.47. The fourth-order valence-corrected chi connectivity index (χ4v) is 4.89. The van der Waals surface area contributed by atoms with Crippen molar-refractivity contribution in [1.29, 1.82) is 0 Å². The van der Waals surface area contributed by atoms with Crippen LogP contribution in [0.3, 0.4) is 0 Å². The lowest BCUT2D eigenvalue weighted by Crippen LogP contribution is -2.13. The first-order valence-electron chi connectivity index (χ1n) is 7.71. The third kappa shape index (κ3) is 3.32. The molecular weight excluding hydrogens is 397 g/mol. The van der Waals surface area contributed by atoms with Gasteiger partial charge in [0.25, 0.3) is 10.0 Å². The number of nitrogens with one attached hydrogen (secondary N) is 1. The van der Waals surface area contributed by atoms with Crippen molar-refractivity contribution < 1.29 is 12.8 Å². The normalized spacial score (nSPS) is 13.6. The molecule has 0 unspecified atom stereocenters. The Hall–Kier alpha value is -2.03. The Morgan fingerprint density at radius 3 is 2.65 bits per heavy atom. The number of thioether (sulfide) groups is 1. The number of hydrogen-bond donors (Lipinski definition) is 1. The van der Waals surface area contributed by atoms with Crippen LogP contribution in [0.15, 0.2) is 58.7 Å². The molecule has 5 nitrogen and oxygen atoms in total. The second kappa shape index (κ2) is 6.61. The maximum absolute atomic E-state index is 13.2. The molecule has 1 aliphatic rings. The minimum absolute atomic E-state index is 0.101. The molecule has 0 bridgehead atoms. The number of hydrogen-bond acceptors (Lipinski definition) is 4. The van der Waals surface area contributed by atoms with Gasteiger partial charge in [0.15, 0.2) is 5.16 Å². The van der Waals surface area contributed by atoms with Crippen LogP contribution in [0.5, 0.6) is 0 Å². The summed E-state index contributed by atoms with van der Waals surface area (Å²) in [5.74, 6) is 0.372. The molecule has 26 heavy (non-hydrogen) atoms. The van der Waals surface area contributed by atoms with Crippen molar-refractivity contribution in [1.82, 2.24) is 9.55 Å². The molecule has 0 amide bonds. The van der Waals surface area contributed by atoms with Gasteiger partial charge >= 0.3 is 0 Å². The summed E-state index contributed by atoms with van der Waals surface area (Å²) < 4.78 is 42.6. The molecule has 1 N–H and O–H groups in total. The third-order valence-electron chi connectivity index (χ3n) is 3.94. The summed E-state index contributed by atoms with van der Waals surface area (Å²) in [6.45, 7) is 0.950. The molecule has 0 aliphatic carbocycles. The van der Waals surface area contributed by atoms with E-state index in [2.05, 4.69) is 14.3 Å². The average Bonchev–Trinajstić information content (AvgIpc) is 3.19. The van der Waals surface area contributed by atoms with Crippen LogP contribution in [-0.4, -0.2) is 23.7 Å². The number of anilines is 1. The van der Waals surface area contributed by atoms with Gasteiger partial charge in [-0.15, -0.1) is 0 Å². The van der Waals surface area contributed by atoms with Crippen molar-refractivity contribution >= 4 is 39.1 Å². The van der Waals surface area contributed by atoms with Crippen LogP contribution < -0.4 is 4.72 Å². The van der Waals surface area contributed by atoms with E-state index in [9.17, 15) is 12.8 Å². The quantitative estimate of drug-likeness (QED) is 0.699. The molecule has 0 saturated carbocycles. The number of fused-ring (bicyclic) bond motifs is 1. The van der Waals surface area contributed by atoms with Crippen molar-refractivity contribution in [2.75, 3.05) is 10.5 Å². The monoisotopic (exact) mass is 409 g/mol. The van der Waals surface area contributed by atoms with Crippen LogP contribution in [0.25, 0.3) is 11.3 Å². The van der Waals surface area contributed by atoms with Gasteiger partial charge in [0.2, 0.25) is 0 Å². The summed E-state index contributed by atoms with van der Waals surface area (Å²) in [6, 6.07) is 10.2. The molecule has 0 spiro atoms. The van der Waals surface area contributed by atoms with E-state index in [1.165, 1.54) is 6.07 Å². The molecule has 0 atom stereocenters. The van der Waals surface area contributed by atoms with E-state index in [4.69, 9.17) is 11.6 Å². The van der Waals surface area contributed by atoms with Crippen LogP contribution in [0, 0.1) is 5.82 Å². The first-order chi connectivity index (χ1) is 12.4. The Labute approximate surface area is 159 Å². The first kappa shape index (κ1) is 17.4. The van der Waals surface area contributed by atoms with Gasteiger partial charge in [0, 0.05) is 29.7 Å². The molecule has 4 rings (SSSR count). The Balaban J connectivity index is 1.55. The molecule has 2 heterocycles. The second-order valence-electron chi connectivity index (χ2n) is 5.71. The number of nitrogens with zero attached hydrogens (tertiary/aromatic N) is 2. The number of imidazole rings is 1. The van der Waals surface area contributed by atoms with E-state index in [-0.39, 0.29) is 9.92 Å². The van der Waals surface area contributed by atoms with E-state index in [1.807, 2.05) is 6.20 Å². The average molecular weight is 410 g/mol. The predicted molar refractivity (Wildman–Crippen MR) is 101 cm³/mol. The van der Waals surface area contributed by atoms with Gasteiger partial charge in [0.05, 0.1) is 15.6 Å². The van der Waals surface area contributed by atoms with Gasteiger partial charge < -0.3 is 4.57 Å². The zero-order valence-corrected chi connectivity index (χ0v) is 15.7. The summed E-state index contributed by atoms with van der Waals surface area (Å²) in [7, 11) is -3.85. The molecule has 9 heteroatoms. The van der Waals surface area contributed by atoms with Gasteiger partial charge in [0.1, 0.15) is 5.82 Å². The number of aryl methyl sites for hydroxylation is 1. The van der Waals surface area contributed by atoms with Crippen LogP contribution in [0.1, 0.15) is 0 Å². The van der Waals surface area contributed by atoms with E-state index in [1.54, 1.807) is 36.0 Å². The third-order valence-corrected chi connectivity index (χ3v) is 6.58. The summed E-state index contributed by atoms with van der Waals surface area (Å²) in [5, 5.41) is 0.756. The largest absolute Gasteiger partial charge is 0.325 e. The number of sulfonamides is 1. The van der Waals surface area contributed by atoms with Gasteiger partial charge in [-0.1, -0.05) is 35.5 Å². The Morgan fingerprint density at radius 2 is 1.96 bits per heavy atom. The lowest BCUT2D eigenvalue weighted by molar-refractivity contribution is 0.599. The van der Waals surface area contributed by atoms with Gasteiger partial charge in [-0.25, -0.2) is 17.8 Å². The molecule has 3 aromatic rings. The van der Waals surface area contributed by atoms with E-state index < -0.39 is 15.8 Å². The van der Waals surface area contributed by atoms with Crippen LogP contribution >= 0.6 is 23.4 Å². The highest BCUT2D eigenvalue weighted by Crippen LogP contribution is 2.30. The topological polar surface area (TPSA) is 64.0 Å². The lowest BCUT2D eigenvalue weighted by atomic mass is 10.1. The summed E-state index contributed by atoms with van der Waals surface area (Å²) in [5.41, 5.74) is 2.16. The number of aromatic nitrogens is 2. The zero-order chi connectivity index (χ0) is 18.3. The maximum Gasteiger partial charge on any atom is 0.261 e. The fraction of sp³-hybridized carbons (Fsp3) is 0.118. The van der Waals surface area contributed by atoms with Crippen LogP contribution in [0.2, 0.25) is 5.02 Å². The highest BCUT2D eigenvalue weighted by Gasteiger charge is 2.17. The summed E-state index contributed by atoms with van der Waals surface area (Å²) >= 11 is 7.38. The van der Waals surface area contributed by atoms with Crippen LogP contribution in [-0.2, 0) is 16.6 Å². The number of rotatable bonds is 4. The molecule has 0 radical (unpaired) electrons. The molecule has 1 aliphatic heterocycles. The molecule has 0 fully saturated rings. The van der Waals surface area contributed by atoms with Gasteiger partial charge in [-0.2, -0.15) is 0 Å². The smallest absolute Gasteiger partial charge is 0.261 e. The standard InChI is InChI=1S/C17H13ClFN3O2S2/c18-14-9-13(5-6-15(14)19)26(23,24)21-12-3-1-11(2-4-12)16-10-22-7-8-25-17(22)20-16/h1-6,9-10,21H,7-8H2. The predicted octanol–water partition coefficient (Wildman–Crippen LogP) is 4.25. The minimum atomic E-state index is -3.85. The minimum Gasteiger partial charge on any atom is -0.325 e. The van der Waals surface area contributed by atoms with Gasteiger partial charge in [-0.3, -0.25) is 4.72 Å². The molecule has 2 aromatic carbocycles. The molecular formula is C17H13ClFN3O2S2. The van der Waals surface area contributed by atoms with Crippen molar-refractivity contribution in [3.05, 3.63) is 59.5 Å². The zero-order valence-electron chi connectivity index (χ0n) is 13.3. The maximum atomic E-state index is 13.2. The molecule has 134 valence electrons. The first-order valence-corrected chi connectivity index (χ1v) is 10.6. The van der Waals surface area contributed by atoms with Crippen molar-refractivity contribution in [3.8, 4) is 11.3 Å². The molecule has 1 aromatic heterocycles. The van der Waals surface area contributed by atoms with E-state index in [0.717, 1.165) is 40.8 Å². The Kier molecular flexibility index (Phi) is 4.42. The van der Waals surface area contributed by atoms with Crippen molar-refractivity contribution in [3.63, 3.8) is 0 Å². The fourth-order valence-electron chi connectivity index (χ4n) is 2.62. The van der Waals surface area contributed by atoms with Crippen LogP contribution in [0.4, 0.5) is 10.1 Å². The molecule has 0 saturated heterocycles. The second-order valence-corrected chi connectivity index (χ2v) is 8.86. The number of benzene rings is 2. The van der Waals surface area contributed by atoms with E-state index in [0.29, 0.717) is 5.69 Å². The van der Waals surface area contributed by atoms with Crippen molar-refractivity contribution in [2.45, 2.75) is 16.6 Å². The highest BCUT2D eigenvalue weighted by molar-refractivity contribution is 7.99. The number of halogens is 2. The summed E-state index contributed by atoms with van der Waals surface area (Å²) in [6.07, 6.45) is 2.00. The Bertz CT molecular complexity index is 1060. The van der Waals surface area contributed by atoms with Crippen molar-refractivity contribution in [2.24, 2.45) is 0 Å². The van der Waals surface area contributed by atoms with E-state index >= 15 is 0 Å². The highest BCUT2D eigenvalue weighted by atomic mass is 35.5. The lowest BCUT2D eigenvalue weighted by Gasteiger charge is -2.09. The Morgan fingerprint density at radius 1 is 1.19 bits per heavy atom. The van der Waals surface area contributed by atoms with Gasteiger partial charge in [-0.05, 0) is 30.3 Å².